The third kappa shape index (κ3) is 2.31. The van der Waals surface area contributed by atoms with Crippen LogP contribution in [0.4, 0.5) is 0 Å². The Balaban J connectivity index is 1.63. The van der Waals surface area contributed by atoms with Crippen LogP contribution in [0.3, 0.4) is 0 Å². The van der Waals surface area contributed by atoms with Crippen LogP contribution in [-0.4, -0.2) is 10.2 Å². The van der Waals surface area contributed by atoms with Gasteiger partial charge in [0.2, 0.25) is 0 Å². The normalized spacial score (nSPS) is 11.6. The van der Waals surface area contributed by atoms with Crippen LogP contribution >= 0.6 is 0 Å². The standard InChI is InChI=1S/C28H18O2/c29-27-23-11-9-17-5-1-3-7-19(17)21(23)13-15-25(27)26-16-14-22-20-8-4-2-6-18(20)10-12-24(22)28(26)30/h1-16,29-30H. The first kappa shape index (κ1) is 16.9. The maximum atomic E-state index is 11.1. The highest BCUT2D eigenvalue weighted by molar-refractivity contribution is 6.13. The number of hydrogen-bond acceptors (Lipinski definition) is 2. The highest BCUT2D eigenvalue weighted by atomic mass is 16.3. The fourth-order valence-electron chi connectivity index (χ4n) is 4.58. The van der Waals surface area contributed by atoms with Gasteiger partial charge in [-0.05, 0) is 44.5 Å². The van der Waals surface area contributed by atoms with Gasteiger partial charge in [-0.2, -0.15) is 0 Å². The van der Waals surface area contributed by atoms with Gasteiger partial charge in [0.25, 0.3) is 0 Å². The number of hydrogen-bond donors (Lipinski definition) is 2. The van der Waals surface area contributed by atoms with E-state index >= 15 is 0 Å². The van der Waals surface area contributed by atoms with E-state index in [1.165, 1.54) is 0 Å². The van der Waals surface area contributed by atoms with Crippen molar-refractivity contribution >= 4 is 43.1 Å². The largest absolute Gasteiger partial charge is 0.507 e. The zero-order chi connectivity index (χ0) is 20.2. The van der Waals surface area contributed by atoms with E-state index in [0.717, 1.165) is 43.1 Å². The summed E-state index contributed by atoms with van der Waals surface area (Å²) in [7, 11) is 0. The zero-order valence-corrected chi connectivity index (χ0v) is 16.1. The van der Waals surface area contributed by atoms with Crippen LogP contribution in [0.1, 0.15) is 0 Å². The second-order valence-corrected chi connectivity index (χ2v) is 7.69. The Morgan fingerprint density at radius 1 is 0.333 bits per heavy atom. The Hall–Kier alpha value is -4.04. The molecule has 0 amide bonds. The molecule has 0 aromatic heterocycles. The molecule has 0 radical (unpaired) electrons. The predicted molar refractivity (Wildman–Crippen MR) is 125 cm³/mol. The molecule has 2 nitrogen and oxygen atoms in total. The van der Waals surface area contributed by atoms with Gasteiger partial charge in [-0.15, -0.1) is 0 Å². The zero-order valence-electron chi connectivity index (χ0n) is 16.1. The van der Waals surface area contributed by atoms with Crippen LogP contribution in [0, 0.1) is 0 Å². The molecule has 0 fully saturated rings. The lowest BCUT2D eigenvalue weighted by atomic mass is 9.93. The van der Waals surface area contributed by atoms with Crippen molar-refractivity contribution < 1.29 is 10.2 Å². The van der Waals surface area contributed by atoms with Gasteiger partial charge in [-0.25, -0.2) is 0 Å². The summed E-state index contributed by atoms with van der Waals surface area (Å²) in [5.41, 5.74) is 1.26. The summed E-state index contributed by atoms with van der Waals surface area (Å²) in [4.78, 5) is 0. The number of aromatic hydroxyl groups is 2. The van der Waals surface area contributed by atoms with E-state index in [0.29, 0.717) is 11.1 Å². The van der Waals surface area contributed by atoms with Crippen LogP contribution in [0.15, 0.2) is 97.1 Å². The van der Waals surface area contributed by atoms with Crippen molar-refractivity contribution in [3.8, 4) is 22.6 Å². The molecule has 0 saturated carbocycles. The van der Waals surface area contributed by atoms with E-state index in [2.05, 4.69) is 24.3 Å². The lowest BCUT2D eigenvalue weighted by Gasteiger charge is -2.14. The molecular weight excluding hydrogens is 368 g/mol. The molecule has 2 N–H and O–H groups in total. The molecule has 142 valence electrons. The number of phenols is 2. The van der Waals surface area contributed by atoms with E-state index in [1.807, 2.05) is 72.8 Å². The van der Waals surface area contributed by atoms with E-state index in [4.69, 9.17) is 0 Å². The second kappa shape index (κ2) is 6.23. The van der Waals surface area contributed by atoms with Gasteiger partial charge in [0.1, 0.15) is 11.5 Å². The summed E-state index contributed by atoms with van der Waals surface area (Å²) in [5.74, 6) is 0.377. The van der Waals surface area contributed by atoms with Crippen LogP contribution in [0.25, 0.3) is 54.2 Å². The highest BCUT2D eigenvalue weighted by Gasteiger charge is 2.16. The molecule has 6 aromatic rings. The second-order valence-electron chi connectivity index (χ2n) is 7.69. The summed E-state index contributed by atoms with van der Waals surface area (Å²) >= 11 is 0. The van der Waals surface area contributed by atoms with Gasteiger partial charge < -0.3 is 10.2 Å². The Morgan fingerprint density at radius 2 is 0.733 bits per heavy atom. The summed E-state index contributed by atoms with van der Waals surface area (Å²) in [6.07, 6.45) is 0. The number of rotatable bonds is 1. The van der Waals surface area contributed by atoms with Crippen LogP contribution < -0.4 is 0 Å². The maximum absolute atomic E-state index is 11.1. The Labute approximate surface area is 173 Å². The first-order valence-electron chi connectivity index (χ1n) is 9.99. The molecule has 0 atom stereocenters. The topological polar surface area (TPSA) is 40.5 Å². The molecule has 0 bridgehead atoms. The van der Waals surface area contributed by atoms with E-state index in [-0.39, 0.29) is 11.5 Å². The first-order valence-corrected chi connectivity index (χ1v) is 9.99. The third-order valence-electron chi connectivity index (χ3n) is 6.09. The molecule has 6 rings (SSSR count). The van der Waals surface area contributed by atoms with Crippen molar-refractivity contribution in [3.05, 3.63) is 97.1 Å². The van der Waals surface area contributed by atoms with Crippen molar-refractivity contribution in [2.45, 2.75) is 0 Å². The van der Waals surface area contributed by atoms with Crippen molar-refractivity contribution in [2.75, 3.05) is 0 Å². The predicted octanol–water partition coefficient (Wildman–Crippen LogP) is 7.38. The lowest BCUT2D eigenvalue weighted by Crippen LogP contribution is -1.86. The molecule has 0 spiro atoms. The summed E-state index contributed by atoms with van der Waals surface area (Å²) in [6.45, 7) is 0. The van der Waals surface area contributed by atoms with Crippen LogP contribution in [0.5, 0.6) is 11.5 Å². The Bertz CT molecular complexity index is 1490. The van der Waals surface area contributed by atoms with Gasteiger partial charge >= 0.3 is 0 Å². The SMILES string of the molecule is Oc1c(-c2ccc3c(ccc4ccccc43)c2O)ccc2c1ccc1ccccc12. The molecule has 2 heteroatoms. The minimum atomic E-state index is 0.189. The van der Waals surface area contributed by atoms with Gasteiger partial charge in [0.05, 0.1) is 0 Å². The molecule has 0 heterocycles. The van der Waals surface area contributed by atoms with Crippen LogP contribution in [-0.2, 0) is 0 Å². The summed E-state index contributed by atoms with van der Waals surface area (Å²) in [5, 5.41) is 30.3. The monoisotopic (exact) mass is 386 g/mol. The average molecular weight is 386 g/mol. The fourth-order valence-corrected chi connectivity index (χ4v) is 4.58. The van der Waals surface area contributed by atoms with Crippen LogP contribution in [0.2, 0.25) is 0 Å². The fraction of sp³-hybridized carbons (Fsp3) is 0. The quantitative estimate of drug-likeness (QED) is 0.289. The lowest BCUT2D eigenvalue weighted by molar-refractivity contribution is 0.475. The number of benzene rings is 6. The first-order chi connectivity index (χ1) is 14.7. The van der Waals surface area contributed by atoms with E-state index in [1.54, 1.807) is 0 Å². The summed E-state index contributed by atoms with van der Waals surface area (Å²) < 4.78 is 0. The molecule has 0 aliphatic heterocycles. The molecule has 0 unspecified atom stereocenters. The number of phenolic OH excluding ortho intramolecular Hbond substituents is 2. The Kier molecular flexibility index (Phi) is 3.50. The van der Waals surface area contributed by atoms with E-state index < -0.39 is 0 Å². The van der Waals surface area contributed by atoms with Crippen molar-refractivity contribution in [1.29, 1.82) is 0 Å². The summed E-state index contributed by atoms with van der Waals surface area (Å²) in [6, 6.07) is 32.1. The molecule has 0 aliphatic carbocycles. The molecular formula is C28H18O2. The third-order valence-corrected chi connectivity index (χ3v) is 6.09. The van der Waals surface area contributed by atoms with Gasteiger partial charge in [0.15, 0.2) is 0 Å². The van der Waals surface area contributed by atoms with Gasteiger partial charge in [0, 0.05) is 21.9 Å². The van der Waals surface area contributed by atoms with Crippen molar-refractivity contribution in [1.82, 2.24) is 0 Å². The maximum Gasteiger partial charge on any atom is 0.131 e. The van der Waals surface area contributed by atoms with Crippen molar-refractivity contribution in [3.63, 3.8) is 0 Å². The minimum Gasteiger partial charge on any atom is -0.507 e. The molecule has 0 saturated heterocycles. The average Bonchev–Trinajstić information content (AvgIpc) is 2.80. The number of fused-ring (bicyclic) bond motifs is 6. The molecule has 30 heavy (non-hydrogen) atoms. The Morgan fingerprint density at radius 3 is 1.20 bits per heavy atom. The van der Waals surface area contributed by atoms with Gasteiger partial charge in [-0.1, -0.05) is 84.9 Å². The highest BCUT2D eigenvalue weighted by Crippen LogP contribution is 2.44. The minimum absolute atomic E-state index is 0.189. The molecule has 0 aliphatic rings. The molecule has 6 aromatic carbocycles. The van der Waals surface area contributed by atoms with Crippen molar-refractivity contribution in [2.24, 2.45) is 0 Å². The van der Waals surface area contributed by atoms with E-state index in [9.17, 15) is 10.2 Å². The smallest absolute Gasteiger partial charge is 0.131 e. The van der Waals surface area contributed by atoms with Gasteiger partial charge in [-0.3, -0.25) is 0 Å².